The number of anilines is 1. The van der Waals surface area contributed by atoms with Gasteiger partial charge in [0.2, 0.25) is 11.9 Å². The number of imidazole rings is 1. The first kappa shape index (κ1) is 28.5. The van der Waals surface area contributed by atoms with Gasteiger partial charge in [-0.15, -0.1) is 11.8 Å². The standard InChI is InChI=1S/C23H36N6O5SSi/c1-13(2)19(32)27-22-26-18-15(20(28-22)35-10-8-9-24)25-12-29(18)21-17(16(31)14(11-30)33-21)34-36(6,7)23(3,4)5/h12-14,16-17,21,30-31H,8,10-11H2,1-7H3,(H,26,27,28,32)/t14-,16?,17+,21-/m1/s1. The van der Waals surface area contributed by atoms with E-state index in [1.807, 2.05) is 0 Å². The molecule has 0 aliphatic carbocycles. The molecule has 1 aliphatic rings. The minimum atomic E-state index is -2.33. The fourth-order valence-electron chi connectivity index (χ4n) is 3.42. The molecule has 4 atom stereocenters. The van der Waals surface area contributed by atoms with Crippen LogP contribution in [0.4, 0.5) is 5.95 Å². The number of rotatable bonds is 9. The Labute approximate surface area is 216 Å². The first-order valence-electron chi connectivity index (χ1n) is 12.0. The molecule has 36 heavy (non-hydrogen) atoms. The van der Waals surface area contributed by atoms with Crippen LogP contribution in [0.15, 0.2) is 11.4 Å². The lowest BCUT2D eigenvalue weighted by atomic mass is 10.1. The summed E-state index contributed by atoms with van der Waals surface area (Å²) in [4.78, 5) is 25.9. The van der Waals surface area contributed by atoms with Gasteiger partial charge in [0, 0.05) is 18.1 Å². The van der Waals surface area contributed by atoms with Crippen molar-refractivity contribution in [3.63, 3.8) is 0 Å². The highest BCUT2D eigenvalue weighted by Crippen LogP contribution is 2.42. The fourth-order valence-corrected chi connectivity index (χ4v) is 5.53. The Bertz CT molecular complexity index is 1130. The molecule has 198 valence electrons. The average molecular weight is 537 g/mol. The van der Waals surface area contributed by atoms with E-state index in [0.29, 0.717) is 28.4 Å². The van der Waals surface area contributed by atoms with E-state index in [4.69, 9.17) is 14.4 Å². The van der Waals surface area contributed by atoms with Gasteiger partial charge in [0.1, 0.15) is 28.9 Å². The predicted molar refractivity (Wildman–Crippen MR) is 139 cm³/mol. The third kappa shape index (κ3) is 5.90. The molecule has 2 aromatic rings. The molecule has 3 heterocycles. The van der Waals surface area contributed by atoms with Crippen molar-refractivity contribution in [1.29, 1.82) is 5.26 Å². The molecule has 1 aliphatic heterocycles. The molecule has 0 saturated carbocycles. The molecule has 0 aromatic carbocycles. The summed E-state index contributed by atoms with van der Waals surface area (Å²) in [5, 5.41) is 32.9. The summed E-state index contributed by atoms with van der Waals surface area (Å²) in [5.41, 5.74) is 0.875. The first-order chi connectivity index (χ1) is 16.8. The summed E-state index contributed by atoms with van der Waals surface area (Å²) in [6.45, 7) is 13.7. The molecule has 0 bridgehead atoms. The van der Waals surface area contributed by atoms with Crippen LogP contribution in [-0.2, 0) is 14.0 Å². The number of aliphatic hydroxyl groups excluding tert-OH is 2. The number of thioether (sulfide) groups is 1. The third-order valence-electron chi connectivity index (χ3n) is 6.61. The van der Waals surface area contributed by atoms with Gasteiger partial charge in [-0.3, -0.25) is 14.7 Å². The number of nitriles is 1. The van der Waals surface area contributed by atoms with Gasteiger partial charge in [0.25, 0.3) is 0 Å². The topological polar surface area (TPSA) is 155 Å². The van der Waals surface area contributed by atoms with Crippen molar-refractivity contribution >= 4 is 43.1 Å². The molecule has 0 radical (unpaired) electrons. The second-order valence-corrected chi connectivity index (χ2v) is 16.5. The minimum absolute atomic E-state index is 0.113. The van der Waals surface area contributed by atoms with Crippen LogP contribution < -0.4 is 5.32 Å². The van der Waals surface area contributed by atoms with E-state index in [-0.39, 0.29) is 29.4 Å². The Kier molecular flexibility index (Phi) is 8.80. The molecule has 1 amide bonds. The quantitative estimate of drug-likeness (QED) is 0.188. The highest BCUT2D eigenvalue weighted by atomic mass is 32.2. The number of nitrogens with one attached hydrogen (secondary N) is 1. The second kappa shape index (κ2) is 11.1. The number of amides is 1. The van der Waals surface area contributed by atoms with Gasteiger partial charge >= 0.3 is 0 Å². The maximum Gasteiger partial charge on any atom is 0.232 e. The van der Waals surface area contributed by atoms with Gasteiger partial charge in [0.15, 0.2) is 20.2 Å². The van der Waals surface area contributed by atoms with Gasteiger partial charge < -0.3 is 19.4 Å². The van der Waals surface area contributed by atoms with Crippen LogP contribution in [0, 0.1) is 17.2 Å². The number of carbonyl (C=O) groups is 1. The van der Waals surface area contributed by atoms with Crippen LogP contribution in [-0.4, -0.2) is 74.6 Å². The van der Waals surface area contributed by atoms with Gasteiger partial charge in [-0.05, 0) is 18.1 Å². The zero-order chi connectivity index (χ0) is 26.8. The first-order valence-corrected chi connectivity index (χ1v) is 15.9. The molecule has 0 spiro atoms. The van der Waals surface area contributed by atoms with E-state index < -0.39 is 32.9 Å². The summed E-state index contributed by atoms with van der Waals surface area (Å²) in [7, 11) is -2.33. The number of fused-ring (bicyclic) bond motifs is 1. The van der Waals surface area contributed by atoms with E-state index in [2.05, 4.69) is 60.2 Å². The third-order valence-corrected chi connectivity index (χ3v) is 12.0. The predicted octanol–water partition coefficient (Wildman–Crippen LogP) is 3.07. The molecular formula is C23H36N6O5SSi. The van der Waals surface area contributed by atoms with Crippen molar-refractivity contribution in [1.82, 2.24) is 19.5 Å². The van der Waals surface area contributed by atoms with E-state index in [1.165, 1.54) is 11.8 Å². The SMILES string of the molecule is CC(C)C(=O)Nc1nc(SCCC#N)c2ncn([C@@H]3O[C@H](CO)C(O)[C@@H]3O[Si](C)(C)C(C)(C)C)c2n1. The second-order valence-electron chi connectivity index (χ2n) is 10.7. The van der Waals surface area contributed by atoms with Gasteiger partial charge in [0.05, 0.1) is 19.0 Å². The van der Waals surface area contributed by atoms with Crippen LogP contribution in [0.5, 0.6) is 0 Å². The largest absolute Gasteiger partial charge is 0.407 e. The minimum Gasteiger partial charge on any atom is -0.407 e. The van der Waals surface area contributed by atoms with Crippen molar-refractivity contribution < 1.29 is 24.2 Å². The van der Waals surface area contributed by atoms with Gasteiger partial charge in [-0.1, -0.05) is 34.6 Å². The van der Waals surface area contributed by atoms with Crippen molar-refractivity contribution in [2.45, 2.75) is 88.7 Å². The number of aliphatic hydroxyl groups is 2. The Hall–Kier alpha value is -2.08. The van der Waals surface area contributed by atoms with Crippen molar-refractivity contribution in [2.75, 3.05) is 17.7 Å². The van der Waals surface area contributed by atoms with Crippen molar-refractivity contribution in [3.8, 4) is 6.07 Å². The van der Waals surface area contributed by atoms with E-state index in [9.17, 15) is 15.0 Å². The van der Waals surface area contributed by atoms with E-state index >= 15 is 0 Å². The summed E-state index contributed by atoms with van der Waals surface area (Å²) in [6.07, 6.45) is -1.61. The lowest BCUT2D eigenvalue weighted by Crippen LogP contribution is -2.48. The number of aromatic nitrogens is 4. The number of carbonyl (C=O) groups excluding carboxylic acids is 1. The Morgan fingerprint density at radius 2 is 2.08 bits per heavy atom. The summed E-state index contributed by atoms with van der Waals surface area (Å²) in [6, 6.07) is 2.11. The average Bonchev–Trinajstić information content (AvgIpc) is 3.34. The van der Waals surface area contributed by atoms with E-state index in [0.717, 1.165) is 0 Å². The van der Waals surface area contributed by atoms with Crippen molar-refractivity contribution in [3.05, 3.63) is 6.33 Å². The molecule has 11 nitrogen and oxygen atoms in total. The maximum atomic E-state index is 12.4. The monoisotopic (exact) mass is 536 g/mol. The molecule has 3 rings (SSSR count). The zero-order valence-electron chi connectivity index (χ0n) is 21.8. The maximum absolute atomic E-state index is 12.4. The molecule has 2 aromatic heterocycles. The number of nitrogens with zero attached hydrogens (tertiary/aromatic N) is 5. The number of ether oxygens (including phenoxy) is 1. The number of hydrogen-bond acceptors (Lipinski definition) is 10. The van der Waals surface area contributed by atoms with Crippen LogP contribution in [0.25, 0.3) is 11.2 Å². The molecule has 13 heteroatoms. The van der Waals surface area contributed by atoms with Crippen LogP contribution in [0.2, 0.25) is 18.1 Å². The molecular weight excluding hydrogens is 500 g/mol. The molecule has 3 N–H and O–H groups in total. The van der Waals surface area contributed by atoms with Crippen LogP contribution in [0.1, 0.15) is 47.3 Å². The van der Waals surface area contributed by atoms with Gasteiger partial charge in [-0.25, -0.2) is 9.97 Å². The number of hydrogen-bond donors (Lipinski definition) is 3. The molecule has 1 fully saturated rings. The molecule has 1 unspecified atom stereocenters. The molecule has 1 saturated heterocycles. The fraction of sp³-hybridized carbons (Fsp3) is 0.696. The lowest BCUT2D eigenvalue weighted by Gasteiger charge is -2.40. The Morgan fingerprint density at radius 1 is 1.39 bits per heavy atom. The Morgan fingerprint density at radius 3 is 2.67 bits per heavy atom. The van der Waals surface area contributed by atoms with Gasteiger partial charge in [-0.2, -0.15) is 10.2 Å². The van der Waals surface area contributed by atoms with Crippen molar-refractivity contribution in [2.24, 2.45) is 5.92 Å². The van der Waals surface area contributed by atoms with Crippen LogP contribution >= 0.6 is 11.8 Å². The smallest absolute Gasteiger partial charge is 0.232 e. The highest BCUT2D eigenvalue weighted by Gasteiger charge is 2.50. The summed E-state index contributed by atoms with van der Waals surface area (Å²) in [5.74, 6) is 0.0990. The van der Waals surface area contributed by atoms with Crippen LogP contribution in [0.3, 0.4) is 0 Å². The van der Waals surface area contributed by atoms with E-state index in [1.54, 1.807) is 24.7 Å². The summed E-state index contributed by atoms with van der Waals surface area (Å²) < 4.78 is 14.3. The lowest BCUT2D eigenvalue weighted by molar-refractivity contribution is -0.118. The zero-order valence-corrected chi connectivity index (χ0v) is 23.7. The highest BCUT2D eigenvalue weighted by molar-refractivity contribution is 7.99. The normalized spacial score (nSPS) is 22.8. The Balaban J connectivity index is 2.09. The summed E-state index contributed by atoms with van der Waals surface area (Å²) >= 11 is 1.34.